The molecule has 2 aromatic carbocycles. The molecule has 0 aliphatic heterocycles. The first kappa shape index (κ1) is 16.1. The van der Waals surface area contributed by atoms with Crippen LogP contribution in [0.15, 0.2) is 40.9 Å². The predicted octanol–water partition coefficient (Wildman–Crippen LogP) is 4.77. The van der Waals surface area contributed by atoms with Crippen molar-refractivity contribution in [3.05, 3.63) is 63.1 Å². The van der Waals surface area contributed by atoms with Crippen molar-refractivity contribution < 1.29 is 4.74 Å². The SMILES string of the molecule is CCOc1ccccc1C(NC)c1cc(C)c(Br)cc1C. The zero-order valence-electron chi connectivity index (χ0n) is 13.0. The fourth-order valence-corrected chi connectivity index (χ4v) is 3.06. The predicted molar refractivity (Wildman–Crippen MR) is 92.1 cm³/mol. The summed E-state index contributed by atoms with van der Waals surface area (Å²) >= 11 is 3.60. The number of hydrogen-bond donors (Lipinski definition) is 1. The van der Waals surface area contributed by atoms with Crippen molar-refractivity contribution in [1.29, 1.82) is 0 Å². The fourth-order valence-electron chi connectivity index (χ4n) is 2.60. The van der Waals surface area contributed by atoms with Gasteiger partial charge in [0.2, 0.25) is 0 Å². The molecular weight excluding hydrogens is 326 g/mol. The average molecular weight is 348 g/mol. The van der Waals surface area contributed by atoms with Gasteiger partial charge in [-0.15, -0.1) is 0 Å². The Kier molecular flexibility index (Phi) is 5.43. The summed E-state index contributed by atoms with van der Waals surface area (Å²) in [6.07, 6.45) is 0. The molecule has 112 valence electrons. The number of aryl methyl sites for hydroxylation is 2. The Morgan fingerprint density at radius 3 is 2.48 bits per heavy atom. The Morgan fingerprint density at radius 2 is 1.81 bits per heavy atom. The Labute approximate surface area is 135 Å². The van der Waals surface area contributed by atoms with Crippen molar-refractivity contribution in [3.8, 4) is 5.75 Å². The highest BCUT2D eigenvalue weighted by Gasteiger charge is 2.19. The highest BCUT2D eigenvalue weighted by Crippen LogP contribution is 2.33. The standard InChI is InChI=1S/C18H22BrNO/c1-5-21-17-9-7-6-8-14(17)18(20-4)15-10-13(3)16(19)11-12(15)2/h6-11,18,20H,5H2,1-4H3. The molecule has 2 rings (SSSR count). The second-order valence-corrected chi connectivity index (χ2v) is 6.00. The van der Waals surface area contributed by atoms with Crippen molar-refractivity contribution in [1.82, 2.24) is 5.32 Å². The highest BCUT2D eigenvalue weighted by molar-refractivity contribution is 9.10. The summed E-state index contributed by atoms with van der Waals surface area (Å²) in [6.45, 7) is 6.95. The molecular formula is C18H22BrNO. The van der Waals surface area contributed by atoms with Gasteiger partial charge < -0.3 is 10.1 Å². The van der Waals surface area contributed by atoms with Crippen molar-refractivity contribution in [3.63, 3.8) is 0 Å². The number of nitrogens with one attached hydrogen (secondary N) is 1. The molecule has 3 heteroatoms. The highest BCUT2D eigenvalue weighted by atomic mass is 79.9. The molecule has 0 saturated carbocycles. The third kappa shape index (κ3) is 3.47. The number of hydrogen-bond acceptors (Lipinski definition) is 2. The zero-order valence-corrected chi connectivity index (χ0v) is 14.6. The minimum absolute atomic E-state index is 0.125. The second-order valence-electron chi connectivity index (χ2n) is 5.15. The number of benzene rings is 2. The van der Waals surface area contributed by atoms with Gasteiger partial charge in [-0.1, -0.05) is 40.2 Å². The Hall–Kier alpha value is -1.32. The van der Waals surface area contributed by atoms with Crippen LogP contribution in [-0.2, 0) is 0 Å². The lowest BCUT2D eigenvalue weighted by Gasteiger charge is -2.23. The number of ether oxygens (including phenoxy) is 1. The van der Waals surface area contributed by atoms with Crippen molar-refractivity contribution in [2.24, 2.45) is 0 Å². The van der Waals surface area contributed by atoms with E-state index in [-0.39, 0.29) is 6.04 Å². The molecule has 1 unspecified atom stereocenters. The molecule has 0 heterocycles. The molecule has 0 fully saturated rings. The van der Waals surface area contributed by atoms with Crippen LogP contribution in [0.4, 0.5) is 0 Å². The first-order chi connectivity index (χ1) is 10.1. The molecule has 0 aliphatic rings. The maximum atomic E-state index is 5.79. The van der Waals surface area contributed by atoms with E-state index in [2.05, 4.69) is 59.4 Å². The lowest BCUT2D eigenvalue weighted by atomic mass is 9.93. The molecule has 0 bridgehead atoms. The third-order valence-electron chi connectivity index (χ3n) is 3.68. The quantitative estimate of drug-likeness (QED) is 0.840. The normalized spacial score (nSPS) is 12.2. The van der Waals surface area contributed by atoms with Crippen LogP contribution in [0.5, 0.6) is 5.75 Å². The van der Waals surface area contributed by atoms with E-state index in [0.717, 1.165) is 10.2 Å². The Bertz CT molecular complexity index is 625. The summed E-state index contributed by atoms with van der Waals surface area (Å²) in [7, 11) is 1.99. The molecule has 0 radical (unpaired) electrons. The van der Waals surface area contributed by atoms with Gasteiger partial charge >= 0.3 is 0 Å². The second kappa shape index (κ2) is 7.10. The van der Waals surface area contributed by atoms with Gasteiger partial charge in [-0.25, -0.2) is 0 Å². The molecule has 0 saturated heterocycles. The van der Waals surface area contributed by atoms with Crippen LogP contribution >= 0.6 is 15.9 Å². The minimum Gasteiger partial charge on any atom is -0.494 e. The van der Waals surface area contributed by atoms with Gasteiger partial charge in [-0.05, 0) is 56.6 Å². The summed E-state index contributed by atoms with van der Waals surface area (Å²) in [6, 6.07) is 12.8. The van der Waals surface area contributed by atoms with Gasteiger partial charge in [0.15, 0.2) is 0 Å². The largest absolute Gasteiger partial charge is 0.494 e. The molecule has 1 N–H and O–H groups in total. The maximum Gasteiger partial charge on any atom is 0.124 e. The summed E-state index contributed by atoms with van der Waals surface area (Å²) in [5.74, 6) is 0.944. The van der Waals surface area contributed by atoms with Crippen LogP contribution in [0.2, 0.25) is 0 Å². The van der Waals surface area contributed by atoms with Gasteiger partial charge in [-0.2, -0.15) is 0 Å². The smallest absolute Gasteiger partial charge is 0.124 e. The van der Waals surface area contributed by atoms with E-state index < -0.39 is 0 Å². The van der Waals surface area contributed by atoms with Gasteiger partial charge in [0.05, 0.1) is 12.6 Å². The van der Waals surface area contributed by atoms with Gasteiger partial charge in [0.25, 0.3) is 0 Å². The van der Waals surface area contributed by atoms with Crippen LogP contribution in [0.1, 0.15) is 35.2 Å². The third-order valence-corrected chi connectivity index (χ3v) is 4.53. The van der Waals surface area contributed by atoms with Crippen LogP contribution in [0.3, 0.4) is 0 Å². The number of halogens is 1. The molecule has 0 aromatic heterocycles. The lowest BCUT2D eigenvalue weighted by Crippen LogP contribution is -2.20. The topological polar surface area (TPSA) is 21.3 Å². The molecule has 0 aliphatic carbocycles. The van der Waals surface area contributed by atoms with Crippen LogP contribution in [-0.4, -0.2) is 13.7 Å². The van der Waals surface area contributed by atoms with E-state index in [1.54, 1.807) is 0 Å². The van der Waals surface area contributed by atoms with Crippen molar-refractivity contribution in [2.75, 3.05) is 13.7 Å². The van der Waals surface area contributed by atoms with Crippen LogP contribution in [0, 0.1) is 13.8 Å². The first-order valence-electron chi connectivity index (χ1n) is 7.24. The van der Waals surface area contributed by atoms with E-state index in [0.29, 0.717) is 6.61 Å². The molecule has 2 nitrogen and oxygen atoms in total. The molecule has 1 atom stereocenters. The van der Waals surface area contributed by atoms with E-state index in [1.165, 1.54) is 22.3 Å². The van der Waals surface area contributed by atoms with E-state index in [1.807, 2.05) is 26.1 Å². The van der Waals surface area contributed by atoms with E-state index >= 15 is 0 Å². The minimum atomic E-state index is 0.125. The monoisotopic (exact) mass is 347 g/mol. The van der Waals surface area contributed by atoms with Gasteiger partial charge in [0, 0.05) is 10.0 Å². The van der Waals surface area contributed by atoms with Crippen molar-refractivity contribution >= 4 is 15.9 Å². The van der Waals surface area contributed by atoms with Crippen LogP contribution in [0.25, 0.3) is 0 Å². The van der Waals surface area contributed by atoms with E-state index in [4.69, 9.17) is 4.74 Å². The van der Waals surface area contributed by atoms with E-state index in [9.17, 15) is 0 Å². The summed E-state index contributed by atoms with van der Waals surface area (Å²) in [4.78, 5) is 0. The zero-order chi connectivity index (χ0) is 15.4. The summed E-state index contributed by atoms with van der Waals surface area (Å²) in [5, 5.41) is 3.43. The molecule has 0 spiro atoms. The maximum absolute atomic E-state index is 5.79. The molecule has 0 amide bonds. The lowest BCUT2D eigenvalue weighted by molar-refractivity contribution is 0.334. The van der Waals surface area contributed by atoms with Crippen molar-refractivity contribution in [2.45, 2.75) is 26.8 Å². The fraction of sp³-hybridized carbons (Fsp3) is 0.333. The van der Waals surface area contributed by atoms with Crippen LogP contribution < -0.4 is 10.1 Å². The number of rotatable bonds is 5. The first-order valence-corrected chi connectivity index (χ1v) is 8.03. The summed E-state index contributed by atoms with van der Waals surface area (Å²) < 4.78 is 6.94. The molecule has 21 heavy (non-hydrogen) atoms. The van der Waals surface area contributed by atoms with Gasteiger partial charge in [-0.3, -0.25) is 0 Å². The Balaban J connectivity index is 2.52. The average Bonchev–Trinajstić information content (AvgIpc) is 2.47. The number of para-hydroxylation sites is 1. The van der Waals surface area contributed by atoms with Gasteiger partial charge in [0.1, 0.15) is 5.75 Å². The molecule has 2 aromatic rings. The Morgan fingerprint density at radius 1 is 1.10 bits per heavy atom. The summed E-state index contributed by atoms with van der Waals surface area (Å²) in [5.41, 5.74) is 4.96.